The van der Waals surface area contributed by atoms with Crippen molar-refractivity contribution < 1.29 is 0 Å². The number of hydrogen-bond acceptors (Lipinski definition) is 3. The third-order valence-electron chi connectivity index (χ3n) is 1.71. The highest BCUT2D eigenvalue weighted by molar-refractivity contribution is 5.33. The van der Waals surface area contributed by atoms with Crippen molar-refractivity contribution in [3.8, 4) is 6.07 Å². The predicted octanol–water partition coefficient (Wildman–Crippen LogP) is 0.734. The summed E-state index contributed by atoms with van der Waals surface area (Å²) in [6, 6.07) is 3.49. The Labute approximate surface area is 76.2 Å². The van der Waals surface area contributed by atoms with E-state index in [-0.39, 0.29) is 11.1 Å². The predicted molar refractivity (Wildman–Crippen MR) is 50.0 cm³/mol. The summed E-state index contributed by atoms with van der Waals surface area (Å²) in [6.07, 6.45) is 4.57. The molecule has 0 saturated heterocycles. The number of nitrogen functional groups attached to an aromatic ring is 1. The molecule has 0 aliphatic heterocycles. The molecule has 0 bridgehead atoms. The Kier molecular flexibility index (Phi) is 3.09. The molecule has 1 aromatic rings. The summed E-state index contributed by atoms with van der Waals surface area (Å²) in [7, 11) is 0. The second-order valence-electron chi connectivity index (χ2n) is 2.76. The lowest BCUT2D eigenvalue weighted by atomic mass is 10.3. The molecule has 4 heteroatoms. The first kappa shape index (κ1) is 9.33. The van der Waals surface area contributed by atoms with Gasteiger partial charge in [0.15, 0.2) is 0 Å². The average molecular weight is 177 g/mol. The Morgan fingerprint density at radius 2 is 2.38 bits per heavy atom. The number of pyridine rings is 1. The van der Waals surface area contributed by atoms with E-state index in [1.165, 1.54) is 6.07 Å². The van der Waals surface area contributed by atoms with Crippen molar-refractivity contribution in [1.29, 1.82) is 5.26 Å². The van der Waals surface area contributed by atoms with Crippen LogP contribution in [-0.2, 0) is 6.54 Å². The molecule has 0 fully saturated rings. The topological polar surface area (TPSA) is 71.8 Å². The molecule has 1 rings (SSSR count). The number of unbranched alkanes of at least 4 members (excludes halogenated alkanes) is 1. The lowest BCUT2D eigenvalue weighted by molar-refractivity contribution is 0.650. The van der Waals surface area contributed by atoms with Gasteiger partial charge in [-0.2, -0.15) is 5.26 Å². The van der Waals surface area contributed by atoms with Gasteiger partial charge in [0.05, 0.1) is 11.8 Å². The number of nitrogens with two attached hydrogens (primary N) is 1. The first-order valence-corrected chi connectivity index (χ1v) is 4.06. The molecule has 0 saturated carbocycles. The minimum Gasteiger partial charge on any atom is -0.394 e. The van der Waals surface area contributed by atoms with E-state index in [4.69, 9.17) is 11.0 Å². The van der Waals surface area contributed by atoms with Crippen LogP contribution in [0.1, 0.15) is 12.8 Å². The fourth-order valence-electron chi connectivity index (χ4n) is 1.02. The first-order chi connectivity index (χ1) is 6.24. The molecule has 1 heterocycles. The Bertz CT molecular complexity index is 375. The Morgan fingerprint density at radius 3 is 3.00 bits per heavy atom. The van der Waals surface area contributed by atoms with Crippen molar-refractivity contribution in [3.63, 3.8) is 0 Å². The summed E-state index contributed by atoms with van der Waals surface area (Å²) in [6.45, 7) is 0.720. The number of aromatic nitrogens is 1. The number of hydrogen-bond donors (Lipinski definition) is 1. The Morgan fingerprint density at radius 1 is 1.62 bits per heavy atom. The summed E-state index contributed by atoms with van der Waals surface area (Å²) < 4.78 is 1.81. The van der Waals surface area contributed by atoms with Crippen LogP contribution in [0, 0.1) is 11.3 Å². The van der Waals surface area contributed by atoms with E-state index in [2.05, 4.69) is 6.07 Å². The Hall–Kier alpha value is -1.76. The fourth-order valence-corrected chi connectivity index (χ4v) is 1.02. The van der Waals surface area contributed by atoms with Crippen LogP contribution in [-0.4, -0.2) is 4.57 Å². The molecule has 0 amide bonds. The van der Waals surface area contributed by atoms with Crippen LogP contribution in [0.5, 0.6) is 0 Å². The van der Waals surface area contributed by atoms with E-state index in [1.807, 2.05) is 4.57 Å². The van der Waals surface area contributed by atoms with Crippen molar-refractivity contribution in [2.45, 2.75) is 19.4 Å². The molecule has 1 aromatic heterocycles. The van der Waals surface area contributed by atoms with Gasteiger partial charge in [-0.1, -0.05) is 0 Å². The zero-order valence-electron chi connectivity index (χ0n) is 7.23. The summed E-state index contributed by atoms with van der Waals surface area (Å²) in [4.78, 5) is 10.9. The van der Waals surface area contributed by atoms with Gasteiger partial charge >= 0.3 is 0 Å². The number of nitrogens with zero attached hydrogens (tertiary/aromatic N) is 2. The zero-order valence-corrected chi connectivity index (χ0v) is 7.23. The summed E-state index contributed by atoms with van der Waals surface area (Å²) in [5.74, 6) is 0. The SMILES string of the molecule is N#CCCCn1ccc(=O)c(N)c1. The highest BCUT2D eigenvalue weighted by Crippen LogP contribution is 1.97. The fraction of sp³-hybridized carbons (Fsp3) is 0.333. The van der Waals surface area contributed by atoms with Crippen molar-refractivity contribution >= 4 is 5.69 Å². The second-order valence-corrected chi connectivity index (χ2v) is 2.76. The first-order valence-electron chi connectivity index (χ1n) is 4.06. The van der Waals surface area contributed by atoms with E-state index >= 15 is 0 Å². The maximum absolute atomic E-state index is 10.9. The van der Waals surface area contributed by atoms with Gasteiger partial charge in [0, 0.05) is 31.4 Å². The standard InChI is InChI=1S/C9H11N3O/c10-4-1-2-5-12-6-3-9(13)8(11)7-12/h3,6-7H,1-2,5,11H2. The van der Waals surface area contributed by atoms with Gasteiger partial charge in [-0.15, -0.1) is 0 Å². The van der Waals surface area contributed by atoms with Gasteiger partial charge in [-0.25, -0.2) is 0 Å². The summed E-state index contributed by atoms with van der Waals surface area (Å²) in [5.41, 5.74) is 5.52. The number of nitriles is 1. The minimum absolute atomic E-state index is 0.156. The highest BCUT2D eigenvalue weighted by atomic mass is 16.1. The lowest BCUT2D eigenvalue weighted by Gasteiger charge is -2.04. The number of anilines is 1. The molecule has 4 nitrogen and oxygen atoms in total. The van der Waals surface area contributed by atoms with Gasteiger partial charge in [0.25, 0.3) is 0 Å². The molecule has 0 aromatic carbocycles. The zero-order chi connectivity index (χ0) is 9.68. The van der Waals surface area contributed by atoms with Crippen LogP contribution in [0.2, 0.25) is 0 Å². The lowest BCUT2D eigenvalue weighted by Crippen LogP contribution is -2.10. The second kappa shape index (κ2) is 4.31. The number of aryl methyl sites for hydroxylation is 1. The van der Waals surface area contributed by atoms with Crippen molar-refractivity contribution in [3.05, 3.63) is 28.7 Å². The summed E-state index contributed by atoms with van der Waals surface area (Å²) >= 11 is 0. The molecule has 13 heavy (non-hydrogen) atoms. The van der Waals surface area contributed by atoms with Gasteiger partial charge in [-0.05, 0) is 6.42 Å². The van der Waals surface area contributed by atoms with Crippen molar-refractivity contribution in [2.24, 2.45) is 0 Å². The van der Waals surface area contributed by atoms with Crippen LogP contribution in [0.4, 0.5) is 5.69 Å². The molecule has 68 valence electrons. The third kappa shape index (κ3) is 2.64. The van der Waals surface area contributed by atoms with Gasteiger partial charge in [-0.3, -0.25) is 4.79 Å². The van der Waals surface area contributed by atoms with Gasteiger partial charge in [0.1, 0.15) is 0 Å². The van der Waals surface area contributed by atoms with E-state index in [0.29, 0.717) is 6.42 Å². The van der Waals surface area contributed by atoms with E-state index in [1.54, 1.807) is 12.4 Å². The van der Waals surface area contributed by atoms with Crippen molar-refractivity contribution in [2.75, 3.05) is 5.73 Å². The molecule has 0 spiro atoms. The normalized spacial score (nSPS) is 9.46. The third-order valence-corrected chi connectivity index (χ3v) is 1.71. The molecule has 0 aliphatic carbocycles. The van der Waals surface area contributed by atoms with E-state index in [9.17, 15) is 4.79 Å². The molecule has 0 unspecified atom stereocenters. The molecule has 0 atom stereocenters. The van der Waals surface area contributed by atoms with E-state index < -0.39 is 0 Å². The smallest absolute Gasteiger partial charge is 0.204 e. The number of rotatable bonds is 3. The molecule has 0 radical (unpaired) electrons. The largest absolute Gasteiger partial charge is 0.394 e. The van der Waals surface area contributed by atoms with Crippen LogP contribution < -0.4 is 11.2 Å². The highest BCUT2D eigenvalue weighted by Gasteiger charge is 1.94. The maximum Gasteiger partial charge on any atom is 0.204 e. The Balaban J connectivity index is 2.64. The van der Waals surface area contributed by atoms with Gasteiger partial charge < -0.3 is 10.3 Å². The molecular weight excluding hydrogens is 166 g/mol. The van der Waals surface area contributed by atoms with Crippen LogP contribution in [0.15, 0.2) is 23.3 Å². The van der Waals surface area contributed by atoms with Crippen molar-refractivity contribution in [1.82, 2.24) is 4.57 Å². The molecule has 0 aliphatic rings. The molecule has 2 N–H and O–H groups in total. The maximum atomic E-state index is 10.9. The summed E-state index contributed by atoms with van der Waals surface area (Å²) in [5, 5.41) is 8.31. The van der Waals surface area contributed by atoms with Crippen LogP contribution in [0.3, 0.4) is 0 Å². The van der Waals surface area contributed by atoms with Crippen LogP contribution in [0.25, 0.3) is 0 Å². The monoisotopic (exact) mass is 177 g/mol. The molecular formula is C9H11N3O. The minimum atomic E-state index is -0.156. The van der Waals surface area contributed by atoms with Crippen LogP contribution >= 0.6 is 0 Å². The van der Waals surface area contributed by atoms with E-state index in [0.717, 1.165) is 13.0 Å². The van der Waals surface area contributed by atoms with Gasteiger partial charge in [0.2, 0.25) is 5.43 Å². The average Bonchev–Trinajstić information content (AvgIpc) is 2.12. The quantitative estimate of drug-likeness (QED) is 0.692.